The topological polar surface area (TPSA) is 41.6 Å². The molecule has 3 heteroatoms. The molecule has 2 heterocycles. The van der Waals surface area contributed by atoms with E-state index in [2.05, 4.69) is 33.8 Å². The molecule has 0 aliphatic carbocycles. The number of aromatic nitrogens is 2. The second-order valence-electron chi connectivity index (χ2n) is 4.38. The summed E-state index contributed by atoms with van der Waals surface area (Å²) < 4.78 is 2.20. The van der Waals surface area contributed by atoms with E-state index in [1.54, 1.807) is 12.4 Å². The van der Waals surface area contributed by atoms with Gasteiger partial charge >= 0.3 is 0 Å². The van der Waals surface area contributed by atoms with Crippen LogP contribution in [0.3, 0.4) is 0 Å². The zero-order valence-corrected chi connectivity index (χ0v) is 10.5. The largest absolute Gasteiger partial charge is 0.339 e. The molecule has 0 spiro atoms. The quantitative estimate of drug-likeness (QED) is 0.709. The summed E-state index contributed by atoms with van der Waals surface area (Å²) >= 11 is 0. The van der Waals surface area contributed by atoms with Gasteiger partial charge in [0, 0.05) is 41.1 Å². The van der Waals surface area contributed by atoms with Crippen LogP contribution < -0.4 is 0 Å². The molecule has 0 radical (unpaired) electrons. The van der Waals surface area contributed by atoms with E-state index in [1.165, 1.54) is 10.9 Å². The second kappa shape index (κ2) is 4.95. The Hall–Kier alpha value is -2.60. The third-order valence-corrected chi connectivity index (χ3v) is 3.23. The number of fused-ring (bicyclic) bond motifs is 1. The minimum Gasteiger partial charge on any atom is -0.339 e. The highest BCUT2D eigenvalue weighted by molar-refractivity contribution is 5.86. The number of para-hydroxylation sites is 1. The fraction of sp³-hybridized carbons (Fsp3) is 0.125. The smallest absolute Gasteiger partial charge is 0.0640 e. The zero-order chi connectivity index (χ0) is 13.1. The number of nitrogens with zero attached hydrogens (tertiary/aromatic N) is 3. The summed E-state index contributed by atoms with van der Waals surface area (Å²) in [5, 5.41) is 10.0. The van der Waals surface area contributed by atoms with Crippen LogP contribution in [0.4, 0.5) is 0 Å². The minimum absolute atomic E-state index is 0.511. The van der Waals surface area contributed by atoms with Crippen LogP contribution in [0, 0.1) is 11.3 Å². The first kappa shape index (κ1) is 11.5. The summed E-state index contributed by atoms with van der Waals surface area (Å²) in [6.45, 7) is 0.710. The molecular weight excluding hydrogens is 234 g/mol. The molecule has 92 valence electrons. The highest BCUT2D eigenvalue weighted by Crippen LogP contribution is 2.28. The van der Waals surface area contributed by atoms with Gasteiger partial charge in [-0.15, -0.1) is 0 Å². The average molecular weight is 247 g/mol. The van der Waals surface area contributed by atoms with E-state index < -0.39 is 0 Å². The van der Waals surface area contributed by atoms with Gasteiger partial charge in [-0.3, -0.25) is 4.98 Å². The maximum Gasteiger partial charge on any atom is 0.0640 e. The molecule has 0 N–H and O–H groups in total. The Labute approximate surface area is 111 Å². The lowest BCUT2D eigenvalue weighted by Crippen LogP contribution is -1.99. The van der Waals surface area contributed by atoms with Gasteiger partial charge in [0.2, 0.25) is 0 Å². The lowest BCUT2D eigenvalue weighted by molar-refractivity contribution is 0.751. The average Bonchev–Trinajstić information content (AvgIpc) is 2.85. The molecule has 1 aromatic carbocycles. The van der Waals surface area contributed by atoms with Crippen LogP contribution in [-0.2, 0) is 6.54 Å². The van der Waals surface area contributed by atoms with Gasteiger partial charge in [0.25, 0.3) is 0 Å². The number of rotatable bonds is 3. The summed E-state index contributed by atoms with van der Waals surface area (Å²) in [7, 11) is 0. The number of nitriles is 1. The molecule has 2 aromatic heterocycles. The highest BCUT2D eigenvalue weighted by Gasteiger charge is 2.09. The molecule has 0 aliphatic heterocycles. The van der Waals surface area contributed by atoms with Crippen molar-refractivity contribution < 1.29 is 0 Å². The molecule has 0 atom stereocenters. The van der Waals surface area contributed by atoms with E-state index in [4.69, 9.17) is 5.26 Å². The van der Waals surface area contributed by atoms with Crippen LogP contribution in [0.2, 0.25) is 0 Å². The zero-order valence-electron chi connectivity index (χ0n) is 10.5. The fourth-order valence-corrected chi connectivity index (χ4v) is 2.37. The minimum atomic E-state index is 0.511. The van der Waals surface area contributed by atoms with Crippen molar-refractivity contribution >= 4 is 10.9 Å². The van der Waals surface area contributed by atoms with Crippen molar-refractivity contribution in [3.8, 4) is 17.3 Å². The molecule has 3 aromatic rings. The van der Waals surface area contributed by atoms with Gasteiger partial charge in [0.15, 0.2) is 0 Å². The summed E-state index contributed by atoms with van der Waals surface area (Å²) in [4.78, 5) is 4.06. The molecule has 3 rings (SSSR count). The van der Waals surface area contributed by atoms with Gasteiger partial charge in [-0.2, -0.15) is 5.26 Å². The number of benzene rings is 1. The molecule has 0 fully saturated rings. The first-order valence-electron chi connectivity index (χ1n) is 6.26. The van der Waals surface area contributed by atoms with Crippen molar-refractivity contribution in [2.24, 2.45) is 0 Å². The predicted molar refractivity (Wildman–Crippen MR) is 75.4 cm³/mol. The van der Waals surface area contributed by atoms with E-state index in [9.17, 15) is 0 Å². The third kappa shape index (κ3) is 2.09. The van der Waals surface area contributed by atoms with Crippen molar-refractivity contribution in [2.75, 3.05) is 0 Å². The van der Waals surface area contributed by atoms with Crippen molar-refractivity contribution in [1.29, 1.82) is 5.26 Å². The Balaban J connectivity index is 2.20. The molecular formula is C16H13N3. The highest BCUT2D eigenvalue weighted by atomic mass is 15.0. The van der Waals surface area contributed by atoms with Crippen molar-refractivity contribution in [3.63, 3.8) is 0 Å². The first-order valence-corrected chi connectivity index (χ1v) is 6.26. The maximum atomic E-state index is 8.83. The maximum absolute atomic E-state index is 8.83. The van der Waals surface area contributed by atoms with E-state index in [0.29, 0.717) is 13.0 Å². The molecule has 0 aliphatic rings. The van der Waals surface area contributed by atoms with Crippen LogP contribution in [0.15, 0.2) is 54.9 Å². The van der Waals surface area contributed by atoms with Gasteiger partial charge in [-0.1, -0.05) is 18.2 Å². The summed E-state index contributed by atoms with van der Waals surface area (Å²) in [5.74, 6) is 0. The lowest BCUT2D eigenvalue weighted by Gasteiger charge is -2.08. The van der Waals surface area contributed by atoms with Crippen LogP contribution in [-0.4, -0.2) is 9.55 Å². The van der Waals surface area contributed by atoms with E-state index in [0.717, 1.165) is 11.3 Å². The molecule has 0 unspecified atom stereocenters. The molecule has 3 nitrogen and oxygen atoms in total. The van der Waals surface area contributed by atoms with Gasteiger partial charge in [-0.05, 0) is 24.3 Å². The number of hydrogen-bond donors (Lipinski definition) is 0. The normalized spacial score (nSPS) is 10.5. The van der Waals surface area contributed by atoms with E-state index in [1.807, 2.05) is 24.3 Å². The SMILES string of the molecule is N#CCCn1c(-c2ccncc2)cc2ccccc21. The third-order valence-electron chi connectivity index (χ3n) is 3.23. The van der Waals surface area contributed by atoms with Crippen LogP contribution in [0.25, 0.3) is 22.2 Å². The van der Waals surface area contributed by atoms with Gasteiger partial charge < -0.3 is 4.57 Å². The first-order chi connectivity index (χ1) is 9.40. The fourth-order valence-electron chi connectivity index (χ4n) is 2.37. The van der Waals surface area contributed by atoms with Crippen molar-refractivity contribution in [1.82, 2.24) is 9.55 Å². The number of aryl methyl sites for hydroxylation is 1. The Kier molecular flexibility index (Phi) is 2.99. The molecule has 0 bridgehead atoms. The van der Waals surface area contributed by atoms with E-state index >= 15 is 0 Å². The Morgan fingerprint density at radius 1 is 1.11 bits per heavy atom. The number of hydrogen-bond acceptors (Lipinski definition) is 2. The second-order valence-corrected chi connectivity index (χ2v) is 4.38. The Bertz CT molecular complexity index is 736. The summed E-state index contributed by atoms with van der Waals surface area (Å²) in [5.41, 5.74) is 3.44. The monoisotopic (exact) mass is 247 g/mol. The van der Waals surface area contributed by atoms with Gasteiger partial charge in [0.05, 0.1) is 12.5 Å². The van der Waals surface area contributed by atoms with Gasteiger partial charge in [-0.25, -0.2) is 0 Å². The Morgan fingerprint density at radius 2 is 1.89 bits per heavy atom. The van der Waals surface area contributed by atoms with Crippen molar-refractivity contribution in [3.05, 3.63) is 54.9 Å². The predicted octanol–water partition coefficient (Wildman–Crippen LogP) is 3.62. The van der Waals surface area contributed by atoms with Crippen molar-refractivity contribution in [2.45, 2.75) is 13.0 Å². The molecule has 19 heavy (non-hydrogen) atoms. The molecule has 0 amide bonds. The lowest BCUT2D eigenvalue weighted by atomic mass is 10.2. The van der Waals surface area contributed by atoms with Crippen LogP contribution >= 0.6 is 0 Å². The molecule has 0 saturated carbocycles. The summed E-state index contributed by atoms with van der Waals surface area (Å²) in [6.07, 6.45) is 4.10. The summed E-state index contributed by atoms with van der Waals surface area (Å²) in [6, 6.07) is 16.6. The van der Waals surface area contributed by atoms with Gasteiger partial charge in [0.1, 0.15) is 0 Å². The Morgan fingerprint density at radius 3 is 2.68 bits per heavy atom. The number of pyridine rings is 1. The van der Waals surface area contributed by atoms with Crippen LogP contribution in [0.1, 0.15) is 6.42 Å². The standard InChI is InChI=1S/C16H13N3/c17-8-3-11-19-15-5-2-1-4-14(15)12-16(19)13-6-9-18-10-7-13/h1-2,4-7,9-10,12H,3,11H2. The van der Waals surface area contributed by atoms with E-state index in [-0.39, 0.29) is 0 Å². The molecule has 0 saturated heterocycles. The van der Waals surface area contributed by atoms with Crippen LogP contribution in [0.5, 0.6) is 0 Å².